The van der Waals surface area contributed by atoms with Gasteiger partial charge in [0.15, 0.2) is 0 Å². The molecule has 2 aliphatic rings. The average Bonchev–Trinajstić information content (AvgIpc) is 3.52. The molecular weight excluding hydrogens is 346 g/mol. The summed E-state index contributed by atoms with van der Waals surface area (Å²) in [5, 5.41) is 1.04. The van der Waals surface area contributed by atoms with Crippen LogP contribution < -0.4 is 5.73 Å². The topological polar surface area (TPSA) is 76.3 Å². The fraction of sp³-hybridized carbons (Fsp3) is 0.450. The minimum Gasteiger partial charge on any atom is -0.368 e. The minimum atomic E-state index is -0.478. The number of thiazole rings is 1. The zero-order chi connectivity index (χ0) is 18.3. The van der Waals surface area contributed by atoms with Gasteiger partial charge in [0, 0.05) is 12.5 Å². The molecule has 0 radical (unpaired) electrons. The normalized spacial score (nSPS) is 16.5. The molecule has 26 heavy (non-hydrogen) atoms. The second-order valence-electron chi connectivity index (χ2n) is 7.47. The number of amides is 2. The molecule has 2 aromatic rings. The Morgan fingerprint density at radius 3 is 2.65 bits per heavy atom. The number of rotatable bonds is 7. The van der Waals surface area contributed by atoms with Gasteiger partial charge in [-0.05, 0) is 44.1 Å². The Morgan fingerprint density at radius 2 is 2.04 bits per heavy atom. The number of carbonyl (C=O) groups is 2. The summed E-state index contributed by atoms with van der Waals surface area (Å²) in [7, 11) is 0. The molecule has 0 bridgehead atoms. The predicted molar refractivity (Wildman–Crippen MR) is 102 cm³/mol. The van der Waals surface area contributed by atoms with Crippen molar-refractivity contribution in [3.8, 4) is 10.4 Å². The van der Waals surface area contributed by atoms with E-state index in [1.807, 2.05) is 25.1 Å². The van der Waals surface area contributed by atoms with Crippen molar-refractivity contribution in [2.75, 3.05) is 13.1 Å². The van der Waals surface area contributed by atoms with Crippen molar-refractivity contribution in [2.45, 2.75) is 38.5 Å². The molecule has 0 aliphatic heterocycles. The molecule has 1 aromatic heterocycles. The molecular formula is C20H23N3O2S. The molecule has 2 amide bonds. The molecule has 1 aromatic carbocycles. The summed E-state index contributed by atoms with van der Waals surface area (Å²) in [6.07, 6.45) is 4.50. The van der Waals surface area contributed by atoms with Crippen molar-refractivity contribution < 1.29 is 9.59 Å². The van der Waals surface area contributed by atoms with Crippen molar-refractivity contribution in [1.82, 2.24) is 9.88 Å². The van der Waals surface area contributed by atoms with E-state index >= 15 is 0 Å². The molecule has 0 unspecified atom stereocenters. The van der Waals surface area contributed by atoms with Gasteiger partial charge in [0.05, 0.1) is 16.4 Å². The standard InChI is InChI=1S/C20H23N3O2S/c1-12-3-2-4-15(9-12)18-17(22-19(26-18)14-7-8-14)20(25)23(11-16(21)24)10-13-5-6-13/h2-4,9,13-14H,5-8,10-11H2,1H3,(H2,21,24). The van der Waals surface area contributed by atoms with Crippen molar-refractivity contribution in [3.63, 3.8) is 0 Å². The molecule has 5 nitrogen and oxygen atoms in total. The van der Waals surface area contributed by atoms with Crippen LogP contribution in [0.25, 0.3) is 10.4 Å². The Hall–Kier alpha value is -2.21. The fourth-order valence-electron chi connectivity index (χ4n) is 3.14. The van der Waals surface area contributed by atoms with E-state index in [0.717, 1.165) is 46.7 Å². The van der Waals surface area contributed by atoms with E-state index in [2.05, 4.69) is 6.07 Å². The van der Waals surface area contributed by atoms with E-state index in [1.54, 1.807) is 16.2 Å². The lowest BCUT2D eigenvalue weighted by Gasteiger charge is -2.20. The maximum Gasteiger partial charge on any atom is 0.274 e. The van der Waals surface area contributed by atoms with Crippen LogP contribution in [0.4, 0.5) is 0 Å². The Morgan fingerprint density at radius 1 is 1.27 bits per heavy atom. The second kappa shape index (κ2) is 6.83. The summed E-state index contributed by atoms with van der Waals surface area (Å²) >= 11 is 1.62. The van der Waals surface area contributed by atoms with Gasteiger partial charge in [-0.1, -0.05) is 29.8 Å². The van der Waals surface area contributed by atoms with Gasteiger partial charge >= 0.3 is 0 Å². The zero-order valence-corrected chi connectivity index (χ0v) is 15.7. The molecule has 0 saturated heterocycles. The fourth-order valence-corrected chi connectivity index (χ4v) is 4.36. The molecule has 4 rings (SSSR count). The highest BCUT2D eigenvalue weighted by Crippen LogP contribution is 2.45. The van der Waals surface area contributed by atoms with Crippen molar-refractivity contribution in [3.05, 3.63) is 40.5 Å². The molecule has 1 heterocycles. The summed E-state index contributed by atoms with van der Waals surface area (Å²) < 4.78 is 0. The van der Waals surface area contributed by atoms with E-state index in [0.29, 0.717) is 24.1 Å². The van der Waals surface area contributed by atoms with Crippen LogP contribution in [0.1, 0.15) is 52.7 Å². The quantitative estimate of drug-likeness (QED) is 0.813. The van der Waals surface area contributed by atoms with Crippen LogP contribution in [-0.2, 0) is 4.79 Å². The molecule has 136 valence electrons. The number of benzene rings is 1. The first-order valence-electron chi connectivity index (χ1n) is 9.16. The summed E-state index contributed by atoms with van der Waals surface area (Å²) in [6.45, 7) is 2.59. The maximum absolute atomic E-state index is 13.2. The Balaban J connectivity index is 1.70. The highest BCUT2D eigenvalue weighted by atomic mass is 32.1. The number of hydrogen-bond acceptors (Lipinski definition) is 4. The number of aryl methyl sites for hydroxylation is 1. The van der Waals surface area contributed by atoms with Crippen LogP contribution >= 0.6 is 11.3 Å². The van der Waals surface area contributed by atoms with Crippen LogP contribution in [0, 0.1) is 12.8 Å². The zero-order valence-electron chi connectivity index (χ0n) is 14.9. The van der Waals surface area contributed by atoms with Crippen LogP contribution in [0.2, 0.25) is 0 Å². The van der Waals surface area contributed by atoms with Crippen LogP contribution in [-0.4, -0.2) is 34.8 Å². The molecule has 0 atom stereocenters. The monoisotopic (exact) mass is 369 g/mol. The largest absolute Gasteiger partial charge is 0.368 e. The van der Waals surface area contributed by atoms with E-state index in [9.17, 15) is 9.59 Å². The maximum atomic E-state index is 13.2. The van der Waals surface area contributed by atoms with Crippen molar-refractivity contribution in [1.29, 1.82) is 0 Å². The average molecular weight is 369 g/mol. The summed E-state index contributed by atoms with van der Waals surface area (Å²) in [5.41, 5.74) is 8.03. The third-order valence-electron chi connectivity index (χ3n) is 4.86. The number of primary amides is 1. The number of nitrogens with zero attached hydrogens (tertiary/aromatic N) is 2. The minimum absolute atomic E-state index is 0.0428. The second-order valence-corrected chi connectivity index (χ2v) is 8.50. The van der Waals surface area contributed by atoms with Gasteiger partial charge in [-0.25, -0.2) is 4.98 Å². The van der Waals surface area contributed by atoms with Crippen molar-refractivity contribution in [2.24, 2.45) is 11.7 Å². The highest BCUT2D eigenvalue weighted by Gasteiger charge is 2.34. The Kier molecular flexibility index (Phi) is 4.53. The van der Waals surface area contributed by atoms with Gasteiger partial charge in [0.25, 0.3) is 5.91 Å². The van der Waals surface area contributed by atoms with E-state index in [4.69, 9.17) is 10.7 Å². The summed E-state index contributed by atoms with van der Waals surface area (Å²) in [4.78, 5) is 31.9. The van der Waals surface area contributed by atoms with Crippen LogP contribution in [0.3, 0.4) is 0 Å². The molecule has 2 N–H and O–H groups in total. The van der Waals surface area contributed by atoms with Crippen LogP contribution in [0.5, 0.6) is 0 Å². The molecule has 6 heteroatoms. The number of hydrogen-bond donors (Lipinski definition) is 1. The smallest absolute Gasteiger partial charge is 0.274 e. The number of aromatic nitrogens is 1. The highest BCUT2D eigenvalue weighted by molar-refractivity contribution is 7.15. The van der Waals surface area contributed by atoms with Crippen molar-refractivity contribution >= 4 is 23.2 Å². The molecule has 2 saturated carbocycles. The first-order chi connectivity index (χ1) is 12.5. The number of carbonyl (C=O) groups excluding carboxylic acids is 2. The first kappa shape index (κ1) is 17.2. The van der Waals surface area contributed by atoms with E-state index in [1.165, 1.54) is 0 Å². The van der Waals surface area contributed by atoms with Gasteiger partial charge < -0.3 is 10.6 Å². The summed E-state index contributed by atoms with van der Waals surface area (Å²) in [5.74, 6) is 0.324. The molecule has 2 fully saturated rings. The van der Waals surface area contributed by atoms with Gasteiger partial charge in [0.2, 0.25) is 5.91 Å². The van der Waals surface area contributed by atoms with Gasteiger partial charge in [-0.2, -0.15) is 0 Å². The lowest BCUT2D eigenvalue weighted by atomic mass is 10.1. The van der Waals surface area contributed by atoms with Gasteiger partial charge in [0.1, 0.15) is 5.69 Å². The summed E-state index contributed by atoms with van der Waals surface area (Å²) in [6, 6.07) is 8.15. The van der Waals surface area contributed by atoms with Gasteiger partial charge in [-0.3, -0.25) is 9.59 Å². The predicted octanol–water partition coefficient (Wildman–Crippen LogP) is 3.33. The lowest BCUT2D eigenvalue weighted by molar-refractivity contribution is -0.118. The third kappa shape index (κ3) is 3.80. The Labute approximate surface area is 157 Å². The third-order valence-corrected chi connectivity index (χ3v) is 6.13. The lowest BCUT2D eigenvalue weighted by Crippen LogP contribution is -2.40. The number of nitrogens with two attached hydrogens (primary N) is 1. The molecule has 0 spiro atoms. The molecule has 2 aliphatic carbocycles. The SMILES string of the molecule is Cc1cccc(-c2sc(C3CC3)nc2C(=O)N(CC(N)=O)CC2CC2)c1. The van der Waals surface area contributed by atoms with E-state index < -0.39 is 5.91 Å². The van der Waals surface area contributed by atoms with Gasteiger partial charge in [-0.15, -0.1) is 11.3 Å². The van der Waals surface area contributed by atoms with Crippen LogP contribution in [0.15, 0.2) is 24.3 Å². The van der Waals surface area contributed by atoms with E-state index in [-0.39, 0.29) is 12.5 Å². The first-order valence-corrected chi connectivity index (χ1v) is 9.98. The Bertz CT molecular complexity index is 852.